The van der Waals surface area contributed by atoms with Gasteiger partial charge in [0.1, 0.15) is 0 Å². The van der Waals surface area contributed by atoms with Gasteiger partial charge < -0.3 is 5.32 Å². The molecule has 0 spiro atoms. The van der Waals surface area contributed by atoms with Crippen LogP contribution in [0.3, 0.4) is 0 Å². The lowest BCUT2D eigenvalue weighted by molar-refractivity contribution is 0.102. The number of aromatic nitrogens is 2. The summed E-state index contributed by atoms with van der Waals surface area (Å²) in [6.07, 6.45) is 3.59. The van der Waals surface area contributed by atoms with Gasteiger partial charge in [-0.2, -0.15) is 5.10 Å². The Morgan fingerprint density at radius 3 is 2.52 bits per heavy atom. The number of rotatable bonds is 3. The van der Waals surface area contributed by atoms with Crippen LogP contribution in [0.4, 0.5) is 14.5 Å². The lowest BCUT2D eigenvalue weighted by Gasteiger charge is -2.07. The second kappa shape index (κ2) is 6.00. The van der Waals surface area contributed by atoms with Gasteiger partial charge in [-0.3, -0.25) is 4.79 Å². The molecule has 1 amide bonds. The minimum atomic E-state index is -1.08. The number of anilines is 1. The molecule has 2 aromatic carbocycles. The van der Waals surface area contributed by atoms with Gasteiger partial charge in [0.25, 0.3) is 5.91 Å². The highest BCUT2D eigenvalue weighted by Crippen LogP contribution is 2.18. The zero-order valence-electron chi connectivity index (χ0n) is 12.3. The van der Waals surface area contributed by atoms with Crippen LogP contribution in [-0.4, -0.2) is 15.7 Å². The van der Waals surface area contributed by atoms with E-state index in [2.05, 4.69) is 10.4 Å². The van der Waals surface area contributed by atoms with Crippen LogP contribution in [0.15, 0.2) is 54.9 Å². The molecule has 0 radical (unpaired) electrons. The zero-order chi connectivity index (χ0) is 16.4. The Hall–Kier alpha value is -3.02. The molecule has 1 aromatic heterocycles. The van der Waals surface area contributed by atoms with Gasteiger partial charge in [0.2, 0.25) is 0 Å². The molecule has 23 heavy (non-hydrogen) atoms. The predicted molar refractivity (Wildman–Crippen MR) is 82.6 cm³/mol. The Morgan fingerprint density at radius 2 is 1.87 bits per heavy atom. The Bertz CT molecular complexity index is 857. The molecule has 0 aliphatic carbocycles. The molecule has 3 aromatic rings. The normalized spacial score (nSPS) is 10.6. The molecule has 6 heteroatoms. The number of carbonyl (C=O) groups is 1. The van der Waals surface area contributed by atoms with E-state index in [1.165, 1.54) is 12.1 Å². The Kier molecular flexibility index (Phi) is 3.89. The summed E-state index contributed by atoms with van der Waals surface area (Å²) in [4.78, 5) is 12.1. The molecule has 0 unspecified atom stereocenters. The largest absolute Gasteiger partial charge is 0.319 e. The molecule has 0 saturated heterocycles. The van der Waals surface area contributed by atoms with E-state index >= 15 is 0 Å². The third-order valence-electron chi connectivity index (χ3n) is 3.31. The molecule has 1 heterocycles. The van der Waals surface area contributed by atoms with Crippen molar-refractivity contribution in [2.45, 2.75) is 6.92 Å². The summed E-state index contributed by atoms with van der Waals surface area (Å²) in [6.45, 7) is 1.93. The van der Waals surface area contributed by atoms with Crippen LogP contribution in [0.2, 0.25) is 0 Å². The molecule has 0 fully saturated rings. The van der Waals surface area contributed by atoms with Gasteiger partial charge in [0.15, 0.2) is 11.6 Å². The highest BCUT2D eigenvalue weighted by atomic mass is 19.2. The van der Waals surface area contributed by atoms with E-state index in [0.29, 0.717) is 5.56 Å². The van der Waals surface area contributed by atoms with E-state index in [-0.39, 0.29) is 5.69 Å². The van der Waals surface area contributed by atoms with Crippen LogP contribution in [-0.2, 0) is 0 Å². The summed E-state index contributed by atoms with van der Waals surface area (Å²) in [6, 6.07) is 10.3. The van der Waals surface area contributed by atoms with Crippen molar-refractivity contribution in [3.8, 4) is 5.69 Å². The maximum absolute atomic E-state index is 13.6. The van der Waals surface area contributed by atoms with Crippen LogP contribution >= 0.6 is 0 Å². The van der Waals surface area contributed by atoms with Crippen molar-refractivity contribution in [2.24, 2.45) is 0 Å². The maximum Gasteiger partial charge on any atom is 0.255 e. The van der Waals surface area contributed by atoms with E-state index < -0.39 is 17.5 Å². The molecule has 0 saturated carbocycles. The third kappa shape index (κ3) is 3.11. The standard InChI is InChI=1S/C17H13F2N3O/c1-11-9-20-22(10-11)13-7-5-12(6-8-13)17(23)21-15-4-2-3-14(18)16(15)19/h2-10H,1H3,(H,21,23). The van der Waals surface area contributed by atoms with Crippen LogP contribution in [0.5, 0.6) is 0 Å². The lowest BCUT2D eigenvalue weighted by Crippen LogP contribution is -2.13. The number of halogens is 2. The second-order valence-electron chi connectivity index (χ2n) is 5.06. The quantitative estimate of drug-likeness (QED) is 0.801. The van der Waals surface area contributed by atoms with Gasteiger partial charge in [-0.05, 0) is 48.9 Å². The van der Waals surface area contributed by atoms with Gasteiger partial charge in [-0.1, -0.05) is 6.07 Å². The summed E-state index contributed by atoms with van der Waals surface area (Å²) in [5.74, 6) is -2.60. The fourth-order valence-electron chi connectivity index (χ4n) is 2.11. The molecule has 0 aliphatic rings. The lowest BCUT2D eigenvalue weighted by atomic mass is 10.2. The molecule has 1 N–H and O–H groups in total. The fraction of sp³-hybridized carbons (Fsp3) is 0.0588. The second-order valence-corrected chi connectivity index (χ2v) is 5.06. The average Bonchev–Trinajstić information content (AvgIpc) is 2.98. The molecule has 0 atom stereocenters. The summed E-state index contributed by atoms with van der Waals surface area (Å²) in [5, 5.41) is 6.53. The monoisotopic (exact) mass is 313 g/mol. The molecule has 4 nitrogen and oxygen atoms in total. The van der Waals surface area contributed by atoms with E-state index in [4.69, 9.17) is 0 Å². The molecule has 3 rings (SSSR count). The number of hydrogen-bond acceptors (Lipinski definition) is 2. The Morgan fingerprint density at radius 1 is 1.13 bits per heavy atom. The Balaban J connectivity index is 1.79. The topological polar surface area (TPSA) is 46.9 Å². The number of nitrogens with one attached hydrogen (secondary N) is 1. The number of nitrogens with zero attached hydrogens (tertiary/aromatic N) is 2. The first-order valence-corrected chi connectivity index (χ1v) is 6.91. The van der Waals surface area contributed by atoms with Crippen molar-refractivity contribution < 1.29 is 13.6 Å². The van der Waals surface area contributed by atoms with Crippen molar-refractivity contribution in [2.75, 3.05) is 5.32 Å². The van der Waals surface area contributed by atoms with Crippen molar-refractivity contribution in [3.63, 3.8) is 0 Å². The number of amides is 1. The van der Waals surface area contributed by atoms with Gasteiger partial charge in [-0.15, -0.1) is 0 Å². The zero-order valence-corrected chi connectivity index (χ0v) is 12.3. The van der Waals surface area contributed by atoms with Crippen molar-refractivity contribution in [1.82, 2.24) is 9.78 Å². The van der Waals surface area contributed by atoms with Crippen molar-refractivity contribution in [3.05, 3.63) is 77.6 Å². The molecular formula is C17H13F2N3O. The van der Waals surface area contributed by atoms with Crippen LogP contribution in [0.25, 0.3) is 5.69 Å². The molecular weight excluding hydrogens is 300 g/mol. The van der Waals surface area contributed by atoms with Gasteiger partial charge in [0.05, 0.1) is 17.6 Å². The summed E-state index contributed by atoms with van der Waals surface area (Å²) in [7, 11) is 0. The van der Waals surface area contributed by atoms with Crippen LogP contribution in [0, 0.1) is 18.6 Å². The number of benzene rings is 2. The number of carbonyl (C=O) groups excluding carboxylic acids is 1. The SMILES string of the molecule is Cc1cnn(-c2ccc(C(=O)Nc3cccc(F)c3F)cc2)c1. The summed E-state index contributed by atoms with van der Waals surface area (Å²) < 4.78 is 28.4. The third-order valence-corrected chi connectivity index (χ3v) is 3.31. The fourth-order valence-corrected chi connectivity index (χ4v) is 2.11. The van der Waals surface area contributed by atoms with Gasteiger partial charge in [0, 0.05) is 11.8 Å². The van der Waals surface area contributed by atoms with E-state index in [1.807, 2.05) is 13.1 Å². The van der Waals surface area contributed by atoms with E-state index in [1.54, 1.807) is 35.1 Å². The smallest absolute Gasteiger partial charge is 0.255 e. The minimum absolute atomic E-state index is 0.193. The maximum atomic E-state index is 13.6. The predicted octanol–water partition coefficient (Wildman–Crippen LogP) is 3.71. The molecule has 116 valence electrons. The van der Waals surface area contributed by atoms with Crippen LogP contribution in [0.1, 0.15) is 15.9 Å². The number of aryl methyl sites for hydroxylation is 1. The average molecular weight is 313 g/mol. The number of hydrogen-bond donors (Lipinski definition) is 1. The Labute approximate surface area is 131 Å². The first-order chi connectivity index (χ1) is 11.0. The van der Waals surface area contributed by atoms with E-state index in [9.17, 15) is 13.6 Å². The van der Waals surface area contributed by atoms with Crippen LogP contribution < -0.4 is 5.32 Å². The molecule has 0 bridgehead atoms. The summed E-state index contributed by atoms with van der Waals surface area (Å²) in [5.41, 5.74) is 1.96. The first kappa shape index (κ1) is 14.9. The van der Waals surface area contributed by atoms with E-state index in [0.717, 1.165) is 17.3 Å². The first-order valence-electron chi connectivity index (χ1n) is 6.91. The van der Waals surface area contributed by atoms with Gasteiger partial charge >= 0.3 is 0 Å². The highest BCUT2D eigenvalue weighted by molar-refractivity contribution is 6.04. The van der Waals surface area contributed by atoms with Crippen molar-refractivity contribution >= 4 is 11.6 Å². The van der Waals surface area contributed by atoms with Crippen molar-refractivity contribution in [1.29, 1.82) is 0 Å². The van der Waals surface area contributed by atoms with Gasteiger partial charge in [-0.25, -0.2) is 13.5 Å². The highest BCUT2D eigenvalue weighted by Gasteiger charge is 2.12. The minimum Gasteiger partial charge on any atom is -0.319 e. The summed E-state index contributed by atoms with van der Waals surface area (Å²) >= 11 is 0. The molecule has 0 aliphatic heterocycles.